The van der Waals surface area contributed by atoms with E-state index in [-0.39, 0.29) is 24.5 Å². The fraction of sp³-hybridized carbons (Fsp3) is 0.500. The van der Waals surface area contributed by atoms with Gasteiger partial charge in [0.05, 0.1) is 0 Å². The normalized spacial score (nSPS) is 18.4. The first-order valence-corrected chi connectivity index (χ1v) is 9.93. The van der Waals surface area contributed by atoms with Crippen LogP contribution >= 0.6 is 0 Å². The number of rotatable bonds is 4. The third-order valence-electron chi connectivity index (χ3n) is 4.29. The fourth-order valence-electron chi connectivity index (χ4n) is 2.62. The Morgan fingerprint density at radius 3 is 2.32 bits per heavy atom. The molecule has 1 aromatic rings. The van der Waals surface area contributed by atoms with Crippen molar-refractivity contribution in [2.24, 2.45) is 11.3 Å². The van der Waals surface area contributed by atoms with E-state index in [1.807, 2.05) is 20.8 Å². The zero-order valence-electron chi connectivity index (χ0n) is 15.7. The monoisotopic (exact) mass is 421 g/mol. The molecule has 1 amide bonds. The molecule has 1 aromatic carbocycles. The van der Waals surface area contributed by atoms with Crippen LogP contribution in [0.25, 0.3) is 0 Å². The van der Waals surface area contributed by atoms with E-state index in [2.05, 4.69) is 4.18 Å². The van der Waals surface area contributed by atoms with Crippen molar-refractivity contribution < 1.29 is 35.3 Å². The van der Waals surface area contributed by atoms with Gasteiger partial charge in [-0.25, -0.2) is 9.69 Å². The lowest BCUT2D eigenvalue weighted by molar-refractivity contribution is -0.0541. The maximum absolute atomic E-state index is 12.7. The number of alkyl halides is 3. The van der Waals surface area contributed by atoms with E-state index < -0.39 is 27.6 Å². The predicted octanol–water partition coefficient (Wildman–Crippen LogP) is 4.40. The molecule has 28 heavy (non-hydrogen) atoms. The first-order chi connectivity index (χ1) is 12.8. The first-order valence-electron chi connectivity index (χ1n) is 8.52. The summed E-state index contributed by atoms with van der Waals surface area (Å²) < 4.78 is 70.5. The quantitative estimate of drug-likeness (QED) is 0.532. The van der Waals surface area contributed by atoms with Crippen LogP contribution in [0.4, 0.5) is 18.0 Å². The summed E-state index contributed by atoms with van der Waals surface area (Å²) in [4.78, 5) is 13.2. The summed E-state index contributed by atoms with van der Waals surface area (Å²) in [6.45, 7) is 5.42. The molecule has 0 fully saturated rings. The third-order valence-corrected chi connectivity index (χ3v) is 5.25. The number of amides is 1. The van der Waals surface area contributed by atoms with E-state index in [1.165, 1.54) is 6.08 Å². The lowest BCUT2D eigenvalue weighted by Gasteiger charge is -2.36. The molecule has 6 nitrogen and oxygen atoms in total. The summed E-state index contributed by atoms with van der Waals surface area (Å²) in [5.74, 6) is -0.981. The van der Waals surface area contributed by atoms with Gasteiger partial charge in [0.1, 0.15) is 6.61 Å². The molecular weight excluding hydrogens is 399 g/mol. The van der Waals surface area contributed by atoms with Gasteiger partial charge < -0.3 is 8.92 Å². The maximum Gasteiger partial charge on any atom is 0.534 e. The second kappa shape index (κ2) is 8.02. The Morgan fingerprint density at radius 2 is 1.79 bits per heavy atom. The van der Waals surface area contributed by atoms with Gasteiger partial charge >= 0.3 is 21.7 Å². The Labute approximate surface area is 162 Å². The third kappa shape index (κ3) is 5.40. The van der Waals surface area contributed by atoms with E-state index in [0.29, 0.717) is 12.0 Å². The second-order valence-electron chi connectivity index (χ2n) is 7.44. The number of benzene rings is 1. The average Bonchev–Trinajstić information content (AvgIpc) is 2.58. The standard InChI is InChI=1S/C18H22F3NO5S/c1-17(2,3)14-9-10-22(15(11-14)27-28(24,25)18(19,20)21)16(23)26-12-13-7-5-4-6-8-13/h4-8,11,14H,9-10,12H2,1-3H3. The molecule has 1 aliphatic heterocycles. The molecular formula is C18H22F3NO5S. The zero-order valence-corrected chi connectivity index (χ0v) is 16.5. The summed E-state index contributed by atoms with van der Waals surface area (Å²) in [5.41, 5.74) is -5.30. The van der Waals surface area contributed by atoms with Crippen molar-refractivity contribution in [2.75, 3.05) is 6.54 Å². The molecule has 0 N–H and O–H groups in total. The molecule has 1 atom stereocenters. The van der Waals surface area contributed by atoms with Crippen LogP contribution in [-0.4, -0.2) is 31.5 Å². The van der Waals surface area contributed by atoms with Crippen LogP contribution in [0.2, 0.25) is 0 Å². The van der Waals surface area contributed by atoms with Crippen molar-refractivity contribution in [1.82, 2.24) is 4.90 Å². The molecule has 0 spiro atoms. The van der Waals surface area contributed by atoms with Gasteiger partial charge in [0, 0.05) is 6.54 Å². The van der Waals surface area contributed by atoms with Crippen LogP contribution in [0.1, 0.15) is 32.8 Å². The molecule has 10 heteroatoms. The number of hydrogen-bond donors (Lipinski definition) is 0. The predicted molar refractivity (Wildman–Crippen MR) is 95.0 cm³/mol. The van der Waals surface area contributed by atoms with E-state index in [9.17, 15) is 26.4 Å². The number of hydrogen-bond acceptors (Lipinski definition) is 5. The Morgan fingerprint density at radius 1 is 1.18 bits per heavy atom. The number of nitrogens with zero attached hydrogens (tertiary/aromatic N) is 1. The topological polar surface area (TPSA) is 72.9 Å². The van der Waals surface area contributed by atoms with Gasteiger partial charge in [-0.05, 0) is 29.4 Å². The van der Waals surface area contributed by atoms with E-state index >= 15 is 0 Å². The molecule has 0 saturated carbocycles. The minimum absolute atomic E-state index is 0.0330. The molecule has 1 unspecified atom stereocenters. The minimum Gasteiger partial charge on any atom is -0.444 e. The van der Waals surface area contributed by atoms with Crippen molar-refractivity contribution in [3.8, 4) is 0 Å². The van der Waals surface area contributed by atoms with Gasteiger partial charge in [-0.3, -0.25) is 0 Å². The van der Waals surface area contributed by atoms with Crippen molar-refractivity contribution in [2.45, 2.75) is 39.3 Å². The number of carbonyl (C=O) groups is 1. The molecule has 0 aromatic heterocycles. The van der Waals surface area contributed by atoms with Crippen molar-refractivity contribution >= 4 is 16.2 Å². The summed E-state index contributed by atoms with van der Waals surface area (Å²) in [5, 5.41) is 0. The summed E-state index contributed by atoms with van der Waals surface area (Å²) >= 11 is 0. The number of allylic oxidation sites excluding steroid dienone is 1. The minimum atomic E-state index is -5.92. The Balaban J connectivity index is 2.24. The lowest BCUT2D eigenvalue weighted by Crippen LogP contribution is -2.41. The second-order valence-corrected chi connectivity index (χ2v) is 8.98. The molecule has 1 aliphatic rings. The highest BCUT2D eigenvalue weighted by molar-refractivity contribution is 7.87. The summed E-state index contributed by atoms with van der Waals surface area (Å²) in [6, 6.07) is 8.67. The van der Waals surface area contributed by atoms with E-state index in [0.717, 1.165) is 4.90 Å². The lowest BCUT2D eigenvalue weighted by atomic mass is 9.77. The van der Waals surface area contributed by atoms with Gasteiger partial charge in [0.25, 0.3) is 0 Å². The molecule has 1 heterocycles. The Kier molecular flexibility index (Phi) is 6.32. The summed E-state index contributed by atoms with van der Waals surface area (Å²) in [7, 11) is -5.92. The molecule has 0 aliphatic carbocycles. The summed E-state index contributed by atoms with van der Waals surface area (Å²) in [6.07, 6.45) is 0.666. The number of halogens is 3. The van der Waals surface area contributed by atoms with Crippen molar-refractivity contribution in [3.63, 3.8) is 0 Å². The molecule has 156 valence electrons. The van der Waals surface area contributed by atoms with Crippen molar-refractivity contribution in [1.29, 1.82) is 0 Å². The van der Waals surface area contributed by atoms with Crippen LogP contribution in [-0.2, 0) is 25.6 Å². The Hall–Kier alpha value is -2.23. The van der Waals surface area contributed by atoms with Gasteiger partial charge in [0.15, 0.2) is 0 Å². The van der Waals surface area contributed by atoms with Crippen LogP contribution in [0, 0.1) is 11.3 Å². The van der Waals surface area contributed by atoms with E-state index in [1.54, 1.807) is 30.3 Å². The molecule has 0 bridgehead atoms. The number of ether oxygens (including phenoxy) is 1. The van der Waals surface area contributed by atoms with Gasteiger partial charge in [-0.1, -0.05) is 51.1 Å². The highest BCUT2D eigenvalue weighted by Gasteiger charge is 2.50. The average molecular weight is 421 g/mol. The van der Waals surface area contributed by atoms with Crippen LogP contribution < -0.4 is 0 Å². The zero-order chi connectivity index (χ0) is 21.2. The van der Waals surface area contributed by atoms with E-state index in [4.69, 9.17) is 4.74 Å². The van der Waals surface area contributed by atoms with Crippen molar-refractivity contribution in [3.05, 3.63) is 47.9 Å². The first kappa shape index (κ1) is 22.1. The van der Waals surface area contributed by atoms with Crippen LogP contribution in [0.3, 0.4) is 0 Å². The van der Waals surface area contributed by atoms with Gasteiger partial charge in [-0.2, -0.15) is 21.6 Å². The molecule has 0 radical (unpaired) electrons. The largest absolute Gasteiger partial charge is 0.534 e. The van der Waals surface area contributed by atoms with Gasteiger partial charge in [-0.15, -0.1) is 0 Å². The fourth-order valence-corrected chi connectivity index (χ4v) is 3.08. The number of carbonyl (C=O) groups excluding carboxylic acids is 1. The molecule has 2 rings (SSSR count). The van der Waals surface area contributed by atoms with Crippen LogP contribution in [0.15, 0.2) is 42.3 Å². The Bertz CT molecular complexity index is 829. The smallest absolute Gasteiger partial charge is 0.444 e. The molecule has 0 saturated heterocycles. The van der Waals surface area contributed by atoms with Gasteiger partial charge in [0.2, 0.25) is 5.88 Å². The highest BCUT2D eigenvalue weighted by atomic mass is 32.2. The van der Waals surface area contributed by atoms with Crippen LogP contribution in [0.5, 0.6) is 0 Å². The SMILES string of the molecule is CC(C)(C)C1C=C(OS(=O)(=O)C(F)(F)F)N(C(=O)OCc2ccccc2)CC1. The highest BCUT2D eigenvalue weighted by Crippen LogP contribution is 2.37. The maximum atomic E-state index is 12.7.